The van der Waals surface area contributed by atoms with E-state index in [9.17, 15) is 8.42 Å². The van der Waals surface area contributed by atoms with E-state index < -0.39 is 9.84 Å². The maximum atomic E-state index is 12.1. The van der Waals surface area contributed by atoms with Crippen LogP contribution in [-0.2, 0) is 15.6 Å². The van der Waals surface area contributed by atoms with Crippen LogP contribution in [0.4, 0.5) is 5.69 Å². The highest BCUT2D eigenvalue weighted by Crippen LogP contribution is 2.38. The normalized spacial score (nSPS) is 23.4. The molecule has 0 N–H and O–H groups in total. The molecule has 0 saturated carbocycles. The predicted octanol–water partition coefficient (Wildman–Crippen LogP) is 4.92. The standard InChI is InChI=1S/C18H15Cl3N2O2S2/c19-12-3-1-2-11(4-12)8-26-18-22-16-9-27(24,25)10-17(16)23(18)15-6-13(20)5-14(21)7-15/h1-7,16-17H,8-10H2/t16-,17-/m1/s1. The summed E-state index contributed by atoms with van der Waals surface area (Å²) in [6, 6.07) is 12.4. The van der Waals surface area contributed by atoms with Gasteiger partial charge in [-0.3, -0.25) is 4.99 Å². The Hall–Kier alpha value is -0.920. The minimum Gasteiger partial charge on any atom is -0.315 e. The molecule has 4 rings (SSSR count). The van der Waals surface area contributed by atoms with E-state index in [0.29, 0.717) is 20.8 Å². The fourth-order valence-electron chi connectivity index (χ4n) is 3.39. The van der Waals surface area contributed by atoms with Crippen LogP contribution in [0.15, 0.2) is 47.5 Å². The first-order valence-electron chi connectivity index (χ1n) is 8.21. The average Bonchev–Trinajstić information content (AvgIpc) is 3.03. The highest BCUT2D eigenvalue weighted by Gasteiger charge is 2.47. The van der Waals surface area contributed by atoms with E-state index in [2.05, 4.69) is 0 Å². The van der Waals surface area contributed by atoms with Crippen LogP contribution >= 0.6 is 46.6 Å². The van der Waals surface area contributed by atoms with Crippen LogP contribution in [-0.4, -0.2) is 37.2 Å². The molecule has 0 unspecified atom stereocenters. The van der Waals surface area contributed by atoms with Crippen LogP contribution in [0, 0.1) is 0 Å². The summed E-state index contributed by atoms with van der Waals surface area (Å²) in [7, 11) is -3.10. The van der Waals surface area contributed by atoms with Crippen molar-refractivity contribution >= 4 is 67.3 Å². The second-order valence-corrected chi connectivity index (χ2v) is 10.9. The molecule has 2 aromatic rings. The van der Waals surface area contributed by atoms with Gasteiger partial charge >= 0.3 is 0 Å². The van der Waals surface area contributed by atoms with Gasteiger partial charge < -0.3 is 4.90 Å². The summed E-state index contributed by atoms with van der Waals surface area (Å²) in [5.74, 6) is 0.826. The van der Waals surface area contributed by atoms with Crippen LogP contribution in [0.2, 0.25) is 15.1 Å². The molecule has 2 aliphatic heterocycles. The molecule has 1 saturated heterocycles. The van der Waals surface area contributed by atoms with Gasteiger partial charge in [0.2, 0.25) is 0 Å². The molecule has 0 aromatic heterocycles. The molecule has 1 fully saturated rings. The Morgan fingerprint density at radius 1 is 1.04 bits per heavy atom. The van der Waals surface area contributed by atoms with Crippen molar-refractivity contribution in [2.45, 2.75) is 17.8 Å². The Morgan fingerprint density at radius 2 is 1.78 bits per heavy atom. The molecular formula is C18H15Cl3N2O2S2. The van der Waals surface area contributed by atoms with Crippen LogP contribution < -0.4 is 4.90 Å². The molecule has 2 atom stereocenters. The van der Waals surface area contributed by atoms with Gasteiger partial charge in [0.25, 0.3) is 0 Å². The maximum Gasteiger partial charge on any atom is 0.164 e. The Morgan fingerprint density at radius 3 is 2.48 bits per heavy atom. The van der Waals surface area contributed by atoms with Crippen LogP contribution in [0.3, 0.4) is 0 Å². The summed E-state index contributed by atoms with van der Waals surface area (Å²) in [5.41, 5.74) is 1.83. The molecule has 4 nitrogen and oxygen atoms in total. The number of fused-ring (bicyclic) bond motifs is 1. The zero-order chi connectivity index (χ0) is 19.2. The first kappa shape index (κ1) is 19.4. The molecule has 0 bridgehead atoms. The van der Waals surface area contributed by atoms with Crippen molar-refractivity contribution in [2.24, 2.45) is 4.99 Å². The third kappa shape index (κ3) is 4.25. The van der Waals surface area contributed by atoms with E-state index in [1.165, 1.54) is 0 Å². The van der Waals surface area contributed by atoms with Crippen molar-refractivity contribution in [3.63, 3.8) is 0 Å². The smallest absolute Gasteiger partial charge is 0.164 e. The molecule has 0 amide bonds. The molecule has 2 aliphatic rings. The van der Waals surface area contributed by atoms with Gasteiger partial charge in [-0.2, -0.15) is 0 Å². The Labute approximate surface area is 177 Å². The molecule has 9 heteroatoms. The number of aliphatic imine (C=N–C) groups is 1. The van der Waals surface area contributed by atoms with Crippen molar-refractivity contribution in [1.29, 1.82) is 0 Å². The zero-order valence-electron chi connectivity index (χ0n) is 14.0. The Bertz CT molecular complexity index is 1010. The fourth-order valence-corrected chi connectivity index (χ4v) is 7.03. The molecule has 142 valence electrons. The van der Waals surface area contributed by atoms with Crippen LogP contribution in [0.1, 0.15) is 5.56 Å². The lowest BCUT2D eigenvalue weighted by Crippen LogP contribution is -2.39. The van der Waals surface area contributed by atoms with Crippen LogP contribution in [0.5, 0.6) is 0 Å². The number of amidine groups is 1. The van der Waals surface area contributed by atoms with E-state index in [1.54, 1.807) is 30.0 Å². The number of thioether (sulfide) groups is 1. The number of rotatable bonds is 3. The van der Waals surface area contributed by atoms with Crippen molar-refractivity contribution in [3.05, 3.63) is 63.1 Å². The van der Waals surface area contributed by atoms with E-state index in [1.807, 2.05) is 29.2 Å². The quantitative estimate of drug-likeness (QED) is 0.651. The number of hydrogen-bond acceptors (Lipinski definition) is 5. The van der Waals surface area contributed by atoms with Crippen molar-refractivity contribution in [2.75, 3.05) is 16.4 Å². The maximum absolute atomic E-state index is 12.1. The number of sulfone groups is 1. The van der Waals surface area contributed by atoms with Gasteiger partial charge in [-0.15, -0.1) is 0 Å². The third-order valence-electron chi connectivity index (χ3n) is 4.49. The van der Waals surface area contributed by atoms with Gasteiger partial charge in [-0.25, -0.2) is 8.42 Å². The summed E-state index contributed by atoms with van der Waals surface area (Å²) in [4.78, 5) is 6.67. The highest BCUT2D eigenvalue weighted by molar-refractivity contribution is 8.13. The Balaban J connectivity index is 1.65. The van der Waals surface area contributed by atoms with Crippen molar-refractivity contribution in [3.8, 4) is 0 Å². The summed E-state index contributed by atoms with van der Waals surface area (Å²) < 4.78 is 24.2. The summed E-state index contributed by atoms with van der Waals surface area (Å²) in [6.07, 6.45) is 0. The Kier molecular flexibility index (Phi) is 5.38. The molecular weight excluding hydrogens is 447 g/mol. The SMILES string of the molecule is O=S1(=O)C[C@@H]2[C@@H](C1)N=C(SCc1cccc(Cl)c1)N2c1cc(Cl)cc(Cl)c1. The zero-order valence-corrected chi connectivity index (χ0v) is 17.9. The van der Waals surface area contributed by atoms with Gasteiger partial charge in [0, 0.05) is 26.5 Å². The van der Waals surface area contributed by atoms with E-state index in [0.717, 1.165) is 16.4 Å². The molecule has 27 heavy (non-hydrogen) atoms. The number of benzene rings is 2. The van der Waals surface area contributed by atoms with Gasteiger partial charge in [0.15, 0.2) is 15.0 Å². The molecule has 0 aliphatic carbocycles. The molecule has 0 spiro atoms. The summed E-state index contributed by atoms with van der Waals surface area (Å²) >= 11 is 20.0. The molecule has 0 radical (unpaired) electrons. The second kappa shape index (κ2) is 7.48. The lowest BCUT2D eigenvalue weighted by Gasteiger charge is -2.27. The first-order chi connectivity index (χ1) is 12.8. The van der Waals surface area contributed by atoms with Gasteiger partial charge in [-0.05, 0) is 35.9 Å². The van der Waals surface area contributed by atoms with Crippen molar-refractivity contribution in [1.82, 2.24) is 0 Å². The van der Waals surface area contributed by atoms with Gasteiger partial charge in [-0.1, -0.05) is 58.7 Å². The number of nitrogens with zero attached hydrogens (tertiary/aromatic N) is 2. The lowest BCUT2D eigenvalue weighted by molar-refractivity contribution is 0.601. The topological polar surface area (TPSA) is 49.7 Å². The largest absolute Gasteiger partial charge is 0.315 e. The van der Waals surface area contributed by atoms with Crippen LogP contribution in [0.25, 0.3) is 0 Å². The lowest BCUT2D eigenvalue weighted by atomic mass is 10.1. The molecule has 2 aromatic carbocycles. The fraction of sp³-hybridized carbons (Fsp3) is 0.278. The minimum atomic E-state index is -3.10. The molecule has 2 heterocycles. The second-order valence-electron chi connectivity index (χ2n) is 6.54. The number of halogens is 3. The summed E-state index contributed by atoms with van der Waals surface area (Å²) in [5, 5.41) is 2.46. The van der Waals surface area contributed by atoms with E-state index in [-0.39, 0.29) is 23.6 Å². The van der Waals surface area contributed by atoms with Gasteiger partial charge in [0.1, 0.15) is 0 Å². The summed E-state index contributed by atoms with van der Waals surface area (Å²) in [6.45, 7) is 0. The third-order valence-corrected chi connectivity index (χ3v) is 7.90. The van der Waals surface area contributed by atoms with Gasteiger partial charge in [0.05, 0.1) is 23.6 Å². The highest BCUT2D eigenvalue weighted by atomic mass is 35.5. The van der Waals surface area contributed by atoms with E-state index in [4.69, 9.17) is 39.8 Å². The van der Waals surface area contributed by atoms with Crippen molar-refractivity contribution < 1.29 is 8.42 Å². The van der Waals surface area contributed by atoms with E-state index >= 15 is 0 Å². The number of hydrogen-bond donors (Lipinski definition) is 0. The first-order valence-corrected chi connectivity index (χ1v) is 12.2. The number of anilines is 1. The minimum absolute atomic E-state index is 0.0731. The average molecular weight is 462 g/mol. The predicted molar refractivity (Wildman–Crippen MR) is 115 cm³/mol. The monoisotopic (exact) mass is 460 g/mol.